The Kier molecular flexibility index (Phi) is 4.49. The van der Waals surface area contributed by atoms with E-state index in [1.807, 2.05) is 18.7 Å². The molecule has 4 unspecified atom stereocenters. The van der Waals surface area contributed by atoms with Gasteiger partial charge in [0.05, 0.1) is 5.92 Å². The van der Waals surface area contributed by atoms with Crippen LogP contribution in [0.5, 0.6) is 0 Å². The molecule has 0 spiro atoms. The molecule has 0 aromatic heterocycles. The first kappa shape index (κ1) is 16.1. The predicted molar refractivity (Wildman–Crippen MR) is 81.0 cm³/mol. The lowest BCUT2D eigenvalue weighted by Gasteiger charge is -2.46. The summed E-state index contributed by atoms with van der Waals surface area (Å²) in [6.07, 6.45) is 2.45. The van der Waals surface area contributed by atoms with Crippen LogP contribution in [-0.4, -0.2) is 41.1 Å². The lowest BCUT2D eigenvalue weighted by Crippen LogP contribution is -2.54. The zero-order valence-electron chi connectivity index (χ0n) is 13.6. The summed E-state index contributed by atoms with van der Waals surface area (Å²) in [7, 11) is 0. The van der Waals surface area contributed by atoms with Gasteiger partial charge in [0.25, 0.3) is 0 Å². The minimum absolute atomic E-state index is 0.0146. The largest absolute Gasteiger partial charge is 0.481 e. The van der Waals surface area contributed by atoms with E-state index in [4.69, 9.17) is 0 Å². The average molecular weight is 296 g/mol. The molecule has 0 bridgehead atoms. The van der Waals surface area contributed by atoms with Gasteiger partial charge >= 0.3 is 12.0 Å². The molecule has 0 radical (unpaired) electrons. The Balaban J connectivity index is 1.99. The Hall–Kier alpha value is -1.26. The van der Waals surface area contributed by atoms with Gasteiger partial charge in [-0.1, -0.05) is 27.7 Å². The fourth-order valence-electron chi connectivity index (χ4n) is 3.81. The SMILES string of the molecule is CC1CCN(C(=O)NC2CCC(C(=O)O)C(C)(C)C2C)C1. The van der Waals surface area contributed by atoms with Crippen LogP contribution in [0.25, 0.3) is 0 Å². The van der Waals surface area contributed by atoms with Crippen molar-refractivity contribution >= 4 is 12.0 Å². The van der Waals surface area contributed by atoms with Crippen LogP contribution in [0, 0.1) is 23.2 Å². The van der Waals surface area contributed by atoms with Crippen molar-refractivity contribution in [3.63, 3.8) is 0 Å². The summed E-state index contributed by atoms with van der Waals surface area (Å²) in [4.78, 5) is 25.6. The number of hydrogen-bond acceptors (Lipinski definition) is 2. The standard InChI is InChI=1S/C16H28N2O3/c1-10-7-8-18(9-10)15(21)17-13-6-5-12(14(19)20)16(3,4)11(13)2/h10-13H,5-9H2,1-4H3,(H,17,21)(H,19,20). The summed E-state index contributed by atoms with van der Waals surface area (Å²) >= 11 is 0. The van der Waals surface area contributed by atoms with Gasteiger partial charge in [-0.3, -0.25) is 4.79 Å². The third-order valence-electron chi connectivity index (χ3n) is 5.76. The highest BCUT2D eigenvalue weighted by atomic mass is 16.4. The molecule has 5 nitrogen and oxygen atoms in total. The highest BCUT2D eigenvalue weighted by molar-refractivity contribution is 5.75. The Morgan fingerprint density at radius 3 is 2.38 bits per heavy atom. The molecule has 21 heavy (non-hydrogen) atoms. The number of aliphatic carboxylic acids is 1. The molecule has 120 valence electrons. The number of carbonyl (C=O) groups excluding carboxylic acids is 1. The normalized spacial score (nSPS) is 35.5. The molecule has 4 atom stereocenters. The molecule has 1 aliphatic carbocycles. The monoisotopic (exact) mass is 296 g/mol. The maximum atomic E-state index is 12.3. The van der Waals surface area contributed by atoms with Crippen molar-refractivity contribution in [3.8, 4) is 0 Å². The number of carboxylic acids is 1. The molecule has 1 aliphatic heterocycles. The summed E-state index contributed by atoms with van der Waals surface area (Å²) < 4.78 is 0. The van der Waals surface area contributed by atoms with Gasteiger partial charge in [-0.05, 0) is 36.5 Å². The van der Waals surface area contributed by atoms with Gasteiger partial charge in [0, 0.05) is 19.1 Å². The van der Waals surface area contributed by atoms with Crippen molar-refractivity contribution in [1.29, 1.82) is 0 Å². The number of rotatable bonds is 2. The average Bonchev–Trinajstić information content (AvgIpc) is 2.81. The number of nitrogens with one attached hydrogen (secondary N) is 1. The van der Waals surface area contributed by atoms with E-state index < -0.39 is 5.97 Å². The van der Waals surface area contributed by atoms with Crippen LogP contribution in [0.4, 0.5) is 4.79 Å². The molecular formula is C16H28N2O3. The van der Waals surface area contributed by atoms with Crippen LogP contribution in [0.3, 0.4) is 0 Å². The second-order valence-corrected chi connectivity index (χ2v) is 7.47. The summed E-state index contributed by atoms with van der Waals surface area (Å²) in [6.45, 7) is 9.90. The molecule has 1 saturated carbocycles. The van der Waals surface area contributed by atoms with Crippen LogP contribution in [-0.2, 0) is 4.79 Å². The highest BCUT2D eigenvalue weighted by Gasteiger charge is 2.46. The molecule has 2 aliphatic rings. The van der Waals surface area contributed by atoms with Crippen molar-refractivity contribution in [2.75, 3.05) is 13.1 Å². The van der Waals surface area contributed by atoms with Crippen LogP contribution in [0.1, 0.15) is 47.0 Å². The number of likely N-dealkylation sites (tertiary alicyclic amines) is 1. The number of carbonyl (C=O) groups is 2. The number of hydrogen-bond donors (Lipinski definition) is 2. The first-order valence-corrected chi connectivity index (χ1v) is 8.01. The molecule has 0 aromatic rings. The molecule has 1 saturated heterocycles. The number of carboxylic acid groups (broad SMARTS) is 1. The summed E-state index contributed by atoms with van der Waals surface area (Å²) in [5.74, 6) is -0.318. The minimum atomic E-state index is -0.718. The number of nitrogens with zero attached hydrogens (tertiary/aromatic N) is 1. The van der Waals surface area contributed by atoms with E-state index in [9.17, 15) is 14.7 Å². The Labute approximate surface area is 127 Å². The molecule has 2 fully saturated rings. The molecule has 0 aromatic carbocycles. The van der Waals surface area contributed by atoms with Gasteiger partial charge in [0.2, 0.25) is 0 Å². The molecular weight excluding hydrogens is 268 g/mol. The minimum Gasteiger partial charge on any atom is -0.481 e. The Bertz CT molecular complexity index is 422. The second-order valence-electron chi connectivity index (χ2n) is 7.47. The smallest absolute Gasteiger partial charge is 0.317 e. The van der Waals surface area contributed by atoms with Gasteiger partial charge in [-0.2, -0.15) is 0 Å². The zero-order valence-corrected chi connectivity index (χ0v) is 13.6. The molecule has 1 heterocycles. The van der Waals surface area contributed by atoms with Crippen LogP contribution >= 0.6 is 0 Å². The van der Waals surface area contributed by atoms with Crippen molar-refractivity contribution in [2.24, 2.45) is 23.2 Å². The first-order valence-electron chi connectivity index (χ1n) is 8.01. The van der Waals surface area contributed by atoms with Crippen LogP contribution < -0.4 is 5.32 Å². The quantitative estimate of drug-likeness (QED) is 0.823. The van der Waals surface area contributed by atoms with E-state index in [2.05, 4.69) is 19.2 Å². The summed E-state index contributed by atoms with van der Waals surface area (Å²) in [5, 5.41) is 12.5. The zero-order chi connectivity index (χ0) is 15.8. The third kappa shape index (κ3) is 3.16. The van der Waals surface area contributed by atoms with Crippen molar-refractivity contribution in [1.82, 2.24) is 10.2 Å². The second kappa shape index (κ2) is 5.85. The Morgan fingerprint density at radius 2 is 1.86 bits per heavy atom. The first-order chi connectivity index (χ1) is 9.73. The third-order valence-corrected chi connectivity index (χ3v) is 5.76. The van der Waals surface area contributed by atoms with Crippen LogP contribution in [0.15, 0.2) is 0 Å². The van der Waals surface area contributed by atoms with Crippen LogP contribution in [0.2, 0.25) is 0 Å². The summed E-state index contributed by atoms with van der Waals surface area (Å²) in [5.41, 5.74) is -0.305. The molecule has 2 amide bonds. The summed E-state index contributed by atoms with van der Waals surface area (Å²) in [6, 6.07) is 0.0831. The van der Waals surface area contributed by atoms with Gasteiger partial charge in [-0.25, -0.2) is 4.79 Å². The lowest BCUT2D eigenvalue weighted by atomic mass is 9.61. The molecule has 2 N–H and O–H groups in total. The topological polar surface area (TPSA) is 69.6 Å². The van der Waals surface area contributed by atoms with E-state index in [1.165, 1.54) is 0 Å². The fraction of sp³-hybridized carbons (Fsp3) is 0.875. The predicted octanol–water partition coefficient (Wildman–Crippen LogP) is 2.56. The van der Waals surface area contributed by atoms with E-state index in [0.717, 1.165) is 25.9 Å². The van der Waals surface area contributed by atoms with Gasteiger partial charge < -0.3 is 15.3 Å². The van der Waals surface area contributed by atoms with Gasteiger partial charge in [-0.15, -0.1) is 0 Å². The molecule has 2 rings (SSSR count). The number of urea groups is 1. The Morgan fingerprint density at radius 1 is 1.19 bits per heavy atom. The van der Waals surface area contributed by atoms with Crippen molar-refractivity contribution in [3.05, 3.63) is 0 Å². The van der Waals surface area contributed by atoms with E-state index in [1.54, 1.807) is 0 Å². The lowest BCUT2D eigenvalue weighted by molar-refractivity contribution is -0.150. The fourth-order valence-corrected chi connectivity index (χ4v) is 3.81. The van der Waals surface area contributed by atoms with Gasteiger partial charge in [0.1, 0.15) is 0 Å². The van der Waals surface area contributed by atoms with Crippen molar-refractivity contribution in [2.45, 2.75) is 53.0 Å². The van der Waals surface area contributed by atoms with E-state index in [0.29, 0.717) is 12.3 Å². The van der Waals surface area contributed by atoms with Crippen molar-refractivity contribution < 1.29 is 14.7 Å². The maximum Gasteiger partial charge on any atom is 0.317 e. The maximum absolute atomic E-state index is 12.3. The molecule has 5 heteroatoms. The van der Waals surface area contributed by atoms with E-state index in [-0.39, 0.29) is 29.3 Å². The number of amides is 2. The van der Waals surface area contributed by atoms with Gasteiger partial charge in [0.15, 0.2) is 0 Å². The van der Waals surface area contributed by atoms with E-state index >= 15 is 0 Å². The highest BCUT2D eigenvalue weighted by Crippen LogP contribution is 2.45.